The van der Waals surface area contributed by atoms with Crippen LogP contribution in [0.5, 0.6) is 0 Å². The SMILES string of the molecule is CCCCC(CC)CC(C)=CC1(CC)CC(CC)C(CC(=O)O)OO1. The van der Waals surface area contributed by atoms with Gasteiger partial charge in [0, 0.05) is 0 Å². The van der Waals surface area contributed by atoms with Crippen LogP contribution < -0.4 is 0 Å². The number of hydrogen-bond donors (Lipinski definition) is 1. The zero-order chi connectivity index (χ0) is 18.9. The van der Waals surface area contributed by atoms with Gasteiger partial charge in [0.25, 0.3) is 0 Å². The molecule has 0 radical (unpaired) electrons. The lowest BCUT2D eigenvalue weighted by Gasteiger charge is -2.41. The van der Waals surface area contributed by atoms with Gasteiger partial charge in [-0.15, -0.1) is 0 Å². The lowest BCUT2D eigenvalue weighted by molar-refractivity contribution is -0.409. The number of allylic oxidation sites excluding steroid dienone is 1. The molecule has 4 nitrogen and oxygen atoms in total. The van der Waals surface area contributed by atoms with Gasteiger partial charge in [-0.2, -0.15) is 0 Å². The van der Waals surface area contributed by atoms with Crippen LogP contribution in [0, 0.1) is 11.8 Å². The highest BCUT2D eigenvalue weighted by Gasteiger charge is 2.41. The van der Waals surface area contributed by atoms with E-state index in [0.717, 1.165) is 31.6 Å². The summed E-state index contributed by atoms with van der Waals surface area (Å²) >= 11 is 0. The third-order valence-electron chi connectivity index (χ3n) is 5.63. The van der Waals surface area contributed by atoms with Gasteiger partial charge < -0.3 is 5.11 Å². The molecule has 0 saturated carbocycles. The van der Waals surface area contributed by atoms with Gasteiger partial charge in [0.1, 0.15) is 11.7 Å². The Morgan fingerprint density at radius 3 is 2.56 bits per heavy atom. The third-order valence-corrected chi connectivity index (χ3v) is 5.63. The first kappa shape index (κ1) is 22.2. The summed E-state index contributed by atoms with van der Waals surface area (Å²) in [5, 5.41) is 9.06. The quantitative estimate of drug-likeness (QED) is 0.370. The molecule has 0 aromatic heterocycles. The van der Waals surface area contributed by atoms with E-state index in [0.29, 0.717) is 0 Å². The van der Waals surface area contributed by atoms with E-state index < -0.39 is 11.6 Å². The van der Waals surface area contributed by atoms with Crippen molar-refractivity contribution in [3.8, 4) is 0 Å². The molecule has 1 rings (SSSR count). The topological polar surface area (TPSA) is 55.8 Å². The Balaban J connectivity index is 2.79. The smallest absolute Gasteiger partial charge is 0.306 e. The molecule has 0 bridgehead atoms. The number of carbonyl (C=O) groups is 1. The molecule has 0 aromatic carbocycles. The molecule has 0 amide bonds. The van der Waals surface area contributed by atoms with E-state index in [1.807, 2.05) is 0 Å². The maximum atomic E-state index is 11.0. The predicted octanol–water partition coefficient (Wildman–Crippen LogP) is 5.91. The van der Waals surface area contributed by atoms with Crippen molar-refractivity contribution in [3.05, 3.63) is 11.6 Å². The van der Waals surface area contributed by atoms with Gasteiger partial charge in [-0.1, -0.05) is 71.4 Å². The Morgan fingerprint density at radius 1 is 1.32 bits per heavy atom. The largest absolute Gasteiger partial charge is 0.481 e. The van der Waals surface area contributed by atoms with E-state index in [1.165, 1.54) is 31.3 Å². The summed E-state index contributed by atoms with van der Waals surface area (Å²) in [4.78, 5) is 22.4. The Hall–Kier alpha value is -0.870. The first-order chi connectivity index (χ1) is 11.9. The number of aliphatic carboxylic acids is 1. The fourth-order valence-electron chi connectivity index (χ4n) is 3.92. The summed E-state index contributed by atoms with van der Waals surface area (Å²) in [7, 11) is 0. The van der Waals surface area contributed by atoms with Crippen LogP contribution in [0.3, 0.4) is 0 Å². The van der Waals surface area contributed by atoms with E-state index in [1.54, 1.807) is 0 Å². The Bertz CT molecular complexity index is 432. The van der Waals surface area contributed by atoms with Crippen LogP contribution in [0.25, 0.3) is 0 Å². The van der Waals surface area contributed by atoms with Crippen LogP contribution in [-0.4, -0.2) is 22.8 Å². The highest BCUT2D eigenvalue weighted by atomic mass is 17.2. The standard InChI is InChI=1S/C21H38O4/c1-6-10-11-17(7-2)12-16(5)14-21(9-4)15-18(8-3)19(24-25-21)13-20(22)23/h14,17-19H,6-13,15H2,1-5H3,(H,22,23). The van der Waals surface area contributed by atoms with Gasteiger partial charge in [-0.25, -0.2) is 9.78 Å². The molecule has 1 aliphatic heterocycles. The van der Waals surface area contributed by atoms with Crippen molar-refractivity contribution in [1.82, 2.24) is 0 Å². The second kappa shape index (κ2) is 11.0. The van der Waals surface area contributed by atoms with Gasteiger partial charge in [0.2, 0.25) is 0 Å². The summed E-state index contributed by atoms with van der Waals surface area (Å²) in [6.45, 7) is 10.9. The number of carboxylic acids is 1. The average Bonchev–Trinajstić information content (AvgIpc) is 2.59. The molecular formula is C21H38O4. The van der Waals surface area contributed by atoms with E-state index >= 15 is 0 Å². The number of rotatable bonds is 11. The Labute approximate surface area is 153 Å². The van der Waals surface area contributed by atoms with Crippen molar-refractivity contribution in [2.75, 3.05) is 0 Å². The number of unbranched alkanes of at least 4 members (excludes halogenated alkanes) is 1. The molecule has 1 aliphatic rings. The van der Waals surface area contributed by atoms with Crippen molar-refractivity contribution >= 4 is 5.97 Å². The van der Waals surface area contributed by atoms with Crippen LogP contribution >= 0.6 is 0 Å². The van der Waals surface area contributed by atoms with Crippen molar-refractivity contribution in [2.45, 2.75) is 104 Å². The molecule has 0 spiro atoms. The lowest BCUT2D eigenvalue weighted by Crippen LogP contribution is -2.44. The van der Waals surface area contributed by atoms with Gasteiger partial charge in [-0.3, -0.25) is 4.79 Å². The zero-order valence-electron chi connectivity index (χ0n) is 16.8. The van der Waals surface area contributed by atoms with Crippen molar-refractivity contribution in [2.24, 2.45) is 11.8 Å². The van der Waals surface area contributed by atoms with Crippen LogP contribution in [0.2, 0.25) is 0 Å². The van der Waals surface area contributed by atoms with Gasteiger partial charge in [0.15, 0.2) is 0 Å². The van der Waals surface area contributed by atoms with Gasteiger partial charge in [-0.05, 0) is 38.0 Å². The molecule has 1 heterocycles. The van der Waals surface area contributed by atoms with Crippen LogP contribution in [0.1, 0.15) is 92.4 Å². The minimum Gasteiger partial charge on any atom is -0.481 e. The summed E-state index contributed by atoms with van der Waals surface area (Å²) in [5.74, 6) is 0.122. The van der Waals surface area contributed by atoms with E-state index in [4.69, 9.17) is 14.9 Å². The molecule has 1 fully saturated rings. The minimum absolute atomic E-state index is 0.00985. The van der Waals surface area contributed by atoms with Crippen molar-refractivity contribution in [1.29, 1.82) is 0 Å². The van der Waals surface area contributed by atoms with Crippen LogP contribution in [0.4, 0.5) is 0 Å². The predicted molar refractivity (Wildman–Crippen MR) is 101 cm³/mol. The van der Waals surface area contributed by atoms with Crippen molar-refractivity contribution in [3.63, 3.8) is 0 Å². The summed E-state index contributed by atoms with van der Waals surface area (Å²) in [6, 6.07) is 0. The summed E-state index contributed by atoms with van der Waals surface area (Å²) < 4.78 is 0. The van der Waals surface area contributed by atoms with Gasteiger partial charge in [0.05, 0.1) is 6.42 Å². The number of hydrogen-bond acceptors (Lipinski definition) is 3. The van der Waals surface area contributed by atoms with E-state index in [-0.39, 0.29) is 18.4 Å². The first-order valence-corrected chi connectivity index (χ1v) is 10.1. The van der Waals surface area contributed by atoms with E-state index in [9.17, 15) is 4.79 Å². The second-order valence-corrected chi connectivity index (χ2v) is 7.72. The van der Waals surface area contributed by atoms with Crippen LogP contribution in [-0.2, 0) is 14.6 Å². The molecule has 4 atom stereocenters. The molecule has 4 heteroatoms. The van der Waals surface area contributed by atoms with Crippen LogP contribution in [0.15, 0.2) is 11.6 Å². The molecule has 0 aliphatic carbocycles. The Kier molecular flexibility index (Phi) is 9.73. The highest BCUT2D eigenvalue weighted by Crippen LogP contribution is 2.39. The van der Waals surface area contributed by atoms with E-state index in [2.05, 4.69) is 40.7 Å². The zero-order valence-corrected chi connectivity index (χ0v) is 16.8. The molecule has 4 unspecified atom stereocenters. The Morgan fingerprint density at radius 2 is 2.04 bits per heavy atom. The third kappa shape index (κ3) is 7.10. The molecule has 146 valence electrons. The molecule has 0 aromatic rings. The number of carboxylic acid groups (broad SMARTS) is 1. The monoisotopic (exact) mass is 354 g/mol. The molecule has 1 N–H and O–H groups in total. The molecule has 25 heavy (non-hydrogen) atoms. The summed E-state index contributed by atoms with van der Waals surface area (Å²) in [6.07, 6.45) is 10.6. The molecule has 1 saturated heterocycles. The normalized spacial score (nSPS) is 28.8. The minimum atomic E-state index is -0.829. The van der Waals surface area contributed by atoms with Crippen molar-refractivity contribution < 1.29 is 19.7 Å². The average molecular weight is 355 g/mol. The maximum absolute atomic E-state index is 11.0. The summed E-state index contributed by atoms with van der Waals surface area (Å²) in [5.41, 5.74) is 0.947. The lowest BCUT2D eigenvalue weighted by atomic mass is 9.80. The fraction of sp³-hybridized carbons (Fsp3) is 0.857. The van der Waals surface area contributed by atoms with Gasteiger partial charge >= 0.3 is 5.97 Å². The first-order valence-electron chi connectivity index (χ1n) is 10.1. The second-order valence-electron chi connectivity index (χ2n) is 7.72. The fourth-order valence-corrected chi connectivity index (χ4v) is 3.92. The highest BCUT2D eigenvalue weighted by molar-refractivity contribution is 5.67. The molecular weight excluding hydrogens is 316 g/mol. The maximum Gasteiger partial charge on any atom is 0.306 e.